The average Bonchev–Trinajstić information content (AvgIpc) is 3.04. The van der Waals surface area contributed by atoms with E-state index in [0.717, 1.165) is 12.1 Å². The third-order valence-corrected chi connectivity index (χ3v) is 4.60. The molecule has 0 amide bonds. The molecule has 10 nitrogen and oxygen atoms in total. The molecule has 2 heterocycles. The molecule has 0 saturated carbocycles. The number of aryl methyl sites for hydroxylation is 1. The van der Waals surface area contributed by atoms with Crippen molar-refractivity contribution < 1.29 is 19.0 Å². The lowest BCUT2D eigenvalue weighted by atomic mass is 10.0. The summed E-state index contributed by atoms with van der Waals surface area (Å²) in [4.78, 5) is 11.5. The van der Waals surface area contributed by atoms with Crippen LogP contribution in [-0.4, -0.2) is 38.1 Å². The summed E-state index contributed by atoms with van der Waals surface area (Å²) in [5.74, 6) is -1.73. The lowest BCUT2D eigenvalue weighted by Crippen LogP contribution is -2.12. The molecule has 2 aromatic heterocycles. The quantitative estimate of drug-likeness (QED) is 0.516. The highest BCUT2D eigenvalue weighted by molar-refractivity contribution is 5.89. The van der Waals surface area contributed by atoms with Crippen molar-refractivity contribution in [2.75, 3.05) is 12.8 Å². The van der Waals surface area contributed by atoms with Crippen molar-refractivity contribution in [1.82, 2.24) is 25.3 Å². The molecule has 4 N–H and O–H groups in total. The zero-order valence-electron chi connectivity index (χ0n) is 17.0. The Labute approximate surface area is 177 Å². The van der Waals surface area contributed by atoms with Crippen molar-refractivity contribution in [3.63, 3.8) is 0 Å². The van der Waals surface area contributed by atoms with E-state index in [1.165, 1.54) is 16.8 Å². The maximum absolute atomic E-state index is 13.7. The number of nitrogens with zero attached hydrogens (tertiary/aromatic N) is 5. The number of nitrogens with two attached hydrogens (primary N) is 1. The molecular weight excluding hydrogens is 405 g/mol. The number of halogens is 1. The number of rotatable bonds is 7. The second-order valence-electron chi connectivity index (χ2n) is 6.71. The first-order valence-electron chi connectivity index (χ1n) is 9.20. The summed E-state index contributed by atoms with van der Waals surface area (Å²) < 4.78 is 21.0. The summed E-state index contributed by atoms with van der Waals surface area (Å²) in [5, 5.41) is 34.2. The minimum absolute atomic E-state index is 0.0403. The summed E-state index contributed by atoms with van der Waals surface area (Å²) in [7, 11) is 3.39. The highest BCUT2D eigenvalue weighted by Crippen LogP contribution is 2.33. The fourth-order valence-corrected chi connectivity index (χ4v) is 3.19. The molecule has 1 atom stereocenters. The highest BCUT2D eigenvalue weighted by atomic mass is 19.1. The number of carbonyl (C=O) groups is 1. The molecule has 3 rings (SSSR count). The predicted octanol–water partition coefficient (Wildman–Crippen LogP) is 2.03. The topological polar surface area (TPSA) is 152 Å². The summed E-state index contributed by atoms with van der Waals surface area (Å²) in [6.45, 7) is 1.95. The molecule has 3 aromatic rings. The number of nitriles is 1. The van der Waals surface area contributed by atoms with E-state index in [1.807, 2.05) is 0 Å². The number of ether oxygens (including phenoxy) is 1. The molecule has 0 bridgehead atoms. The van der Waals surface area contributed by atoms with Crippen molar-refractivity contribution >= 4 is 11.8 Å². The van der Waals surface area contributed by atoms with Gasteiger partial charge in [-0.15, -0.1) is 10.2 Å². The average molecular weight is 425 g/mol. The van der Waals surface area contributed by atoms with Gasteiger partial charge in [-0.05, 0) is 32.2 Å². The lowest BCUT2D eigenvalue weighted by molar-refractivity contribution is 0.0691. The van der Waals surface area contributed by atoms with Crippen LogP contribution in [0.4, 0.5) is 10.2 Å². The number of carboxylic acids is 1. The fourth-order valence-electron chi connectivity index (χ4n) is 3.19. The van der Waals surface area contributed by atoms with Gasteiger partial charge in [0.1, 0.15) is 29.4 Å². The number of benzene rings is 1. The Balaban J connectivity index is 2.04. The van der Waals surface area contributed by atoms with E-state index >= 15 is 0 Å². The van der Waals surface area contributed by atoms with Gasteiger partial charge >= 0.3 is 5.97 Å². The van der Waals surface area contributed by atoms with Crippen molar-refractivity contribution in [3.8, 4) is 23.1 Å². The van der Waals surface area contributed by atoms with Gasteiger partial charge in [0.15, 0.2) is 11.6 Å². The number of aromatic nitrogens is 4. The summed E-state index contributed by atoms with van der Waals surface area (Å²) in [6, 6.07) is 6.92. The second-order valence-corrected chi connectivity index (χ2v) is 6.71. The Morgan fingerprint density at radius 1 is 1.42 bits per heavy atom. The van der Waals surface area contributed by atoms with E-state index in [1.54, 1.807) is 21.0 Å². The molecule has 1 unspecified atom stereocenters. The van der Waals surface area contributed by atoms with E-state index < -0.39 is 17.9 Å². The van der Waals surface area contributed by atoms with E-state index in [2.05, 4.69) is 26.7 Å². The van der Waals surface area contributed by atoms with Crippen LogP contribution in [0.5, 0.6) is 5.75 Å². The van der Waals surface area contributed by atoms with Crippen molar-refractivity contribution in [3.05, 3.63) is 52.6 Å². The van der Waals surface area contributed by atoms with Gasteiger partial charge in [-0.25, -0.2) is 9.18 Å². The molecule has 0 spiro atoms. The zero-order chi connectivity index (χ0) is 22.7. The van der Waals surface area contributed by atoms with Crippen LogP contribution in [-0.2, 0) is 13.6 Å². The highest BCUT2D eigenvalue weighted by Gasteiger charge is 2.23. The maximum Gasteiger partial charge on any atom is 0.336 e. The smallest absolute Gasteiger partial charge is 0.336 e. The Morgan fingerprint density at radius 2 is 2.16 bits per heavy atom. The third-order valence-electron chi connectivity index (χ3n) is 4.60. The molecule has 11 heteroatoms. The molecule has 0 aliphatic heterocycles. The van der Waals surface area contributed by atoms with Crippen LogP contribution in [0.1, 0.15) is 40.3 Å². The van der Waals surface area contributed by atoms with E-state index in [0.29, 0.717) is 23.5 Å². The Hall–Kier alpha value is -4.04. The third kappa shape index (κ3) is 4.29. The normalized spacial score (nSPS) is 11.7. The van der Waals surface area contributed by atoms with Crippen molar-refractivity contribution in [2.24, 2.45) is 7.05 Å². The number of nitrogens with one attached hydrogen (secondary N) is 1. The molecule has 31 heavy (non-hydrogen) atoms. The summed E-state index contributed by atoms with van der Waals surface area (Å²) >= 11 is 0. The van der Waals surface area contributed by atoms with Gasteiger partial charge < -0.3 is 20.9 Å². The van der Waals surface area contributed by atoms with Gasteiger partial charge in [0.05, 0.1) is 16.8 Å². The minimum atomic E-state index is -1.21. The van der Waals surface area contributed by atoms with E-state index in [4.69, 9.17) is 10.5 Å². The molecule has 0 saturated heterocycles. The second kappa shape index (κ2) is 8.76. The first kappa shape index (κ1) is 21.7. The first-order valence-corrected chi connectivity index (χ1v) is 9.20. The minimum Gasteiger partial charge on any atom is -0.482 e. The molecule has 0 aliphatic carbocycles. The van der Waals surface area contributed by atoms with Crippen molar-refractivity contribution in [2.45, 2.75) is 19.6 Å². The van der Waals surface area contributed by atoms with Crippen molar-refractivity contribution in [1.29, 1.82) is 5.26 Å². The first-order chi connectivity index (χ1) is 14.8. The van der Waals surface area contributed by atoms with Gasteiger partial charge in [-0.3, -0.25) is 4.68 Å². The number of nitrogen functional groups attached to an aromatic ring is 1. The Kier molecular flexibility index (Phi) is 6.12. The van der Waals surface area contributed by atoms with Gasteiger partial charge in [0, 0.05) is 25.2 Å². The number of hydrogen-bond acceptors (Lipinski definition) is 8. The molecule has 160 valence electrons. The van der Waals surface area contributed by atoms with Crippen LogP contribution in [0.3, 0.4) is 0 Å². The molecule has 0 aliphatic rings. The van der Waals surface area contributed by atoms with Gasteiger partial charge in [-0.1, -0.05) is 0 Å². The van der Waals surface area contributed by atoms with Crippen LogP contribution in [0.15, 0.2) is 24.3 Å². The standard InChI is InChI=1S/C20H20FN7O3/c1-10(13-6-11(21)4-5-12(13)20(29)30)31-17-7-14(25-26-19(17)23)18-15(9-24-2)27-28(3)16(18)8-22/h4-7,10,24H,9H2,1-3H3,(H2,23,26)(H,29,30). The SMILES string of the molecule is CNCc1nn(C)c(C#N)c1-c1cc(OC(C)c2cc(F)ccc2C(=O)O)c(N)nn1. The van der Waals surface area contributed by atoms with E-state index in [9.17, 15) is 19.6 Å². The van der Waals surface area contributed by atoms with Crippen LogP contribution in [0.2, 0.25) is 0 Å². The van der Waals surface area contributed by atoms with Gasteiger partial charge in [-0.2, -0.15) is 10.4 Å². The Morgan fingerprint density at radius 3 is 2.81 bits per heavy atom. The number of carboxylic acid groups (broad SMARTS) is 1. The summed E-state index contributed by atoms with van der Waals surface area (Å²) in [6.07, 6.45) is -0.859. The predicted molar refractivity (Wildman–Crippen MR) is 109 cm³/mol. The molecule has 1 aromatic carbocycles. The van der Waals surface area contributed by atoms with Gasteiger partial charge in [0.25, 0.3) is 0 Å². The number of aromatic carboxylic acids is 1. The van der Waals surface area contributed by atoms with Crippen LogP contribution >= 0.6 is 0 Å². The lowest BCUT2D eigenvalue weighted by Gasteiger charge is -2.18. The number of anilines is 1. The molecule has 0 fully saturated rings. The Bertz CT molecular complexity index is 1190. The zero-order valence-corrected chi connectivity index (χ0v) is 17.0. The van der Waals surface area contributed by atoms with Crippen LogP contribution in [0, 0.1) is 17.1 Å². The van der Waals surface area contributed by atoms with Crippen LogP contribution < -0.4 is 15.8 Å². The van der Waals surface area contributed by atoms with E-state index in [-0.39, 0.29) is 28.4 Å². The molecular formula is C20H20FN7O3. The molecule has 0 radical (unpaired) electrons. The maximum atomic E-state index is 13.7. The fraction of sp³-hybridized carbons (Fsp3) is 0.250. The van der Waals surface area contributed by atoms with Gasteiger partial charge in [0.2, 0.25) is 0 Å². The monoisotopic (exact) mass is 425 g/mol. The largest absolute Gasteiger partial charge is 0.482 e. The number of hydrogen-bond donors (Lipinski definition) is 3. The summed E-state index contributed by atoms with van der Waals surface area (Å²) in [5.41, 5.74) is 7.60. The van der Waals surface area contributed by atoms with Crippen LogP contribution in [0.25, 0.3) is 11.3 Å².